The lowest BCUT2D eigenvalue weighted by atomic mass is 10.2. The summed E-state index contributed by atoms with van der Waals surface area (Å²) in [7, 11) is 0. The Bertz CT molecular complexity index is 599. The molecule has 0 aliphatic heterocycles. The summed E-state index contributed by atoms with van der Waals surface area (Å²) in [4.78, 5) is 12.0. The Kier molecular flexibility index (Phi) is 3.47. The topological polar surface area (TPSA) is 34.0 Å². The van der Waals surface area contributed by atoms with E-state index in [9.17, 15) is 4.79 Å². The fraction of sp³-hybridized carbons (Fsp3) is 0.400. The van der Waals surface area contributed by atoms with Gasteiger partial charge in [0.15, 0.2) is 0 Å². The van der Waals surface area contributed by atoms with E-state index in [0.717, 1.165) is 23.7 Å². The number of rotatable bonds is 3. The lowest BCUT2D eigenvalue weighted by molar-refractivity contribution is -0.122. The lowest BCUT2D eigenvalue weighted by Crippen LogP contribution is -2.35. The zero-order valence-corrected chi connectivity index (χ0v) is 11.5. The van der Waals surface area contributed by atoms with Gasteiger partial charge >= 0.3 is 0 Å². The molecule has 19 heavy (non-hydrogen) atoms. The first kappa shape index (κ1) is 12.5. The van der Waals surface area contributed by atoms with Gasteiger partial charge in [-0.1, -0.05) is 30.5 Å². The molecule has 3 nitrogen and oxygen atoms in total. The maximum atomic E-state index is 12.0. The van der Waals surface area contributed by atoms with Crippen LogP contribution in [0.25, 0.3) is 10.9 Å². The Hall–Kier alpha value is -1.48. The van der Waals surface area contributed by atoms with E-state index in [-0.39, 0.29) is 5.91 Å². The number of nitrogens with one attached hydrogen (secondary N) is 1. The summed E-state index contributed by atoms with van der Waals surface area (Å²) in [6.07, 6.45) is 6.63. The molecule has 100 valence electrons. The number of nitrogens with zero attached hydrogens (tertiary/aromatic N) is 1. The minimum atomic E-state index is 0.0874. The van der Waals surface area contributed by atoms with Crippen molar-refractivity contribution in [3.05, 3.63) is 35.5 Å². The molecule has 2 aromatic rings. The molecule has 1 aliphatic rings. The SMILES string of the molecule is O=C(Cn1ccc2ccc(Cl)cc21)NC1CCCC1. The molecule has 0 saturated heterocycles. The molecule has 4 heteroatoms. The second kappa shape index (κ2) is 5.25. The number of carbonyl (C=O) groups is 1. The molecule has 1 aromatic carbocycles. The zero-order chi connectivity index (χ0) is 13.2. The Balaban J connectivity index is 1.73. The molecular formula is C15H17ClN2O. The lowest BCUT2D eigenvalue weighted by Gasteiger charge is -2.12. The molecular weight excluding hydrogens is 260 g/mol. The second-order valence-electron chi connectivity index (χ2n) is 5.20. The maximum Gasteiger partial charge on any atom is 0.240 e. The molecule has 1 amide bonds. The predicted octanol–water partition coefficient (Wildman–Crippen LogP) is 3.35. The fourth-order valence-corrected chi connectivity index (χ4v) is 2.96. The van der Waals surface area contributed by atoms with Crippen LogP contribution in [0.4, 0.5) is 0 Å². The summed E-state index contributed by atoms with van der Waals surface area (Å²) in [5.41, 5.74) is 1.01. The summed E-state index contributed by atoms with van der Waals surface area (Å²) in [6.45, 7) is 0.361. The number of aromatic nitrogens is 1. The quantitative estimate of drug-likeness (QED) is 0.916. The van der Waals surface area contributed by atoms with E-state index in [4.69, 9.17) is 11.6 Å². The number of fused-ring (bicyclic) bond motifs is 1. The first-order chi connectivity index (χ1) is 9.22. The van der Waals surface area contributed by atoms with Gasteiger partial charge < -0.3 is 9.88 Å². The van der Waals surface area contributed by atoms with Crippen molar-refractivity contribution >= 4 is 28.4 Å². The largest absolute Gasteiger partial charge is 0.352 e. The van der Waals surface area contributed by atoms with Crippen LogP contribution in [0.15, 0.2) is 30.5 Å². The third-order valence-electron chi connectivity index (χ3n) is 3.77. The highest BCUT2D eigenvalue weighted by molar-refractivity contribution is 6.31. The number of carbonyl (C=O) groups excluding carboxylic acids is 1. The molecule has 1 aliphatic carbocycles. The number of hydrogen-bond donors (Lipinski definition) is 1. The number of halogens is 1. The van der Waals surface area contributed by atoms with Crippen LogP contribution in [0.2, 0.25) is 5.02 Å². The van der Waals surface area contributed by atoms with Gasteiger partial charge in [0.25, 0.3) is 0 Å². The summed E-state index contributed by atoms with van der Waals surface area (Å²) >= 11 is 6.01. The standard InChI is InChI=1S/C15H17ClN2O/c16-12-6-5-11-7-8-18(14(11)9-12)10-15(19)17-13-3-1-2-4-13/h5-9,13H,1-4,10H2,(H,17,19). The maximum absolute atomic E-state index is 12.0. The van der Waals surface area contributed by atoms with Gasteiger partial charge in [-0.15, -0.1) is 0 Å². The fourth-order valence-electron chi connectivity index (χ4n) is 2.79. The molecule has 0 unspecified atom stereocenters. The first-order valence-corrected chi connectivity index (χ1v) is 7.14. The zero-order valence-electron chi connectivity index (χ0n) is 10.7. The van der Waals surface area contributed by atoms with Gasteiger partial charge in [0, 0.05) is 22.8 Å². The summed E-state index contributed by atoms with van der Waals surface area (Å²) in [5, 5.41) is 4.91. The third kappa shape index (κ3) is 2.76. The van der Waals surface area contributed by atoms with Crippen LogP contribution in [0.1, 0.15) is 25.7 Å². The summed E-state index contributed by atoms with van der Waals surface area (Å²) < 4.78 is 1.95. The van der Waals surface area contributed by atoms with Crippen LogP contribution in [-0.2, 0) is 11.3 Å². The van der Waals surface area contributed by atoms with Crippen LogP contribution in [0, 0.1) is 0 Å². The Morgan fingerprint density at radius 1 is 1.32 bits per heavy atom. The molecule has 0 radical (unpaired) electrons. The second-order valence-corrected chi connectivity index (χ2v) is 5.63. The van der Waals surface area contributed by atoms with Crippen molar-refractivity contribution in [2.24, 2.45) is 0 Å². The number of benzene rings is 1. The molecule has 1 aromatic heterocycles. The van der Waals surface area contributed by atoms with Gasteiger partial charge in [0.1, 0.15) is 6.54 Å². The Morgan fingerprint density at radius 3 is 2.89 bits per heavy atom. The molecule has 1 fully saturated rings. The van der Waals surface area contributed by atoms with Gasteiger partial charge in [-0.2, -0.15) is 0 Å². The number of amides is 1. The van der Waals surface area contributed by atoms with Gasteiger partial charge in [0.05, 0.1) is 0 Å². The van der Waals surface area contributed by atoms with Crippen LogP contribution in [-0.4, -0.2) is 16.5 Å². The molecule has 1 N–H and O–H groups in total. The molecule has 3 rings (SSSR count). The third-order valence-corrected chi connectivity index (χ3v) is 4.01. The van der Waals surface area contributed by atoms with E-state index in [1.807, 2.05) is 35.0 Å². The van der Waals surface area contributed by atoms with Gasteiger partial charge in [0.2, 0.25) is 5.91 Å². The van der Waals surface area contributed by atoms with Crippen LogP contribution in [0.3, 0.4) is 0 Å². The van der Waals surface area contributed by atoms with Crippen molar-refractivity contribution in [2.75, 3.05) is 0 Å². The first-order valence-electron chi connectivity index (χ1n) is 6.76. The van der Waals surface area contributed by atoms with E-state index in [1.165, 1.54) is 12.8 Å². The van der Waals surface area contributed by atoms with Crippen molar-refractivity contribution in [3.63, 3.8) is 0 Å². The van der Waals surface area contributed by atoms with E-state index in [1.54, 1.807) is 0 Å². The Morgan fingerprint density at radius 2 is 2.11 bits per heavy atom. The van der Waals surface area contributed by atoms with E-state index in [2.05, 4.69) is 5.32 Å². The smallest absolute Gasteiger partial charge is 0.240 e. The van der Waals surface area contributed by atoms with Gasteiger partial charge in [-0.3, -0.25) is 4.79 Å². The molecule has 0 atom stereocenters. The van der Waals surface area contributed by atoms with Crippen molar-refractivity contribution in [2.45, 2.75) is 38.3 Å². The molecule has 0 bridgehead atoms. The van der Waals surface area contributed by atoms with E-state index < -0.39 is 0 Å². The average Bonchev–Trinajstić information content (AvgIpc) is 3.00. The van der Waals surface area contributed by atoms with Gasteiger partial charge in [-0.25, -0.2) is 0 Å². The Labute approximate surface area is 117 Å². The molecule has 0 spiro atoms. The molecule has 1 saturated carbocycles. The summed E-state index contributed by atoms with van der Waals surface area (Å²) in [6, 6.07) is 8.13. The molecule has 1 heterocycles. The number of hydrogen-bond acceptors (Lipinski definition) is 1. The van der Waals surface area contributed by atoms with Crippen molar-refractivity contribution in [1.29, 1.82) is 0 Å². The predicted molar refractivity (Wildman–Crippen MR) is 77.3 cm³/mol. The van der Waals surface area contributed by atoms with Crippen LogP contribution in [0.5, 0.6) is 0 Å². The van der Waals surface area contributed by atoms with E-state index >= 15 is 0 Å². The van der Waals surface area contributed by atoms with Crippen molar-refractivity contribution < 1.29 is 4.79 Å². The van der Waals surface area contributed by atoms with Crippen molar-refractivity contribution in [1.82, 2.24) is 9.88 Å². The highest BCUT2D eigenvalue weighted by Crippen LogP contribution is 2.21. The van der Waals surface area contributed by atoms with Crippen LogP contribution >= 0.6 is 11.6 Å². The van der Waals surface area contributed by atoms with Gasteiger partial charge in [-0.05, 0) is 36.4 Å². The highest BCUT2D eigenvalue weighted by Gasteiger charge is 2.17. The minimum absolute atomic E-state index is 0.0874. The van der Waals surface area contributed by atoms with E-state index in [0.29, 0.717) is 17.6 Å². The monoisotopic (exact) mass is 276 g/mol. The minimum Gasteiger partial charge on any atom is -0.352 e. The van der Waals surface area contributed by atoms with Crippen LogP contribution < -0.4 is 5.32 Å². The summed E-state index contributed by atoms with van der Waals surface area (Å²) in [5.74, 6) is 0.0874. The van der Waals surface area contributed by atoms with Crippen molar-refractivity contribution in [3.8, 4) is 0 Å². The highest BCUT2D eigenvalue weighted by atomic mass is 35.5. The average molecular weight is 277 g/mol. The normalized spacial score (nSPS) is 16.1.